The van der Waals surface area contributed by atoms with Crippen LogP contribution in [0.1, 0.15) is 24.1 Å². The Morgan fingerprint density at radius 3 is 3.04 bits per heavy atom. The molecule has 1 aromatic carbocycles. The number of fused-ring (bicyclic) bond motifs is 8. The van der Waals surface area contributed by atoms with Gasteiger partial charge in [0, 0.05) is 12.1 Å². The van der Waals surface area contributed by atoms with Crippen LogP contribution < -0.4 is 0 Å². The lowest BCUT2D eigenvalue weighted by Crippen LogP contribution is -2.48. The second-order valence-corrected chi connectivity index (χ2v) is 6.88. The van der Waals surface area contributed by atoms with Crippen molar-refractivity contribution in [3.8, 4) is 0 Å². The first-order valence-electron chi connectivity index (χ1n) is 8.72. The monoisotopic (exact) mass is 341 g/mol. The van der Waals surface area contributed by atoms with Crippen LogP contribution in [0.15, 0.2) is 30.5 Å². The van der Waals surface area contributed by atoms with Crippen LogP contribution in [0.5, 0.6) is 0 Å². The van der Waals surface area contributed by atoms with E-state index in [4.69, 9.17) is 14.2 Å². The summed E-state index contributed by atoms with van der Waals surface area (Å²) in [4.78, 5) is 27.7. The first-order chi connectivity index (χ1) is 12.2. The molecule has 6 nitrogen and oxygen atoms in total. The Morgan fingerprint density at radius 2 is 2.20 bits per heavy atom. The van der Waals surface area contributed by atoms with Crippen molar-refractivity contribution < 1.29 is 23.8 Å². The highest BCUT2D eigenvalue weighted by molar-refractivity contribution is 5.90. The Bertz CT molecular complexity index is 775. The number of Topliss-reactive ketones (excluding diaryl/α,β-unsaturated/α-hetero) is 1. The van der Waals surface area contributed by atoms with E-state index in [1.165, 1.54) is 0 Å². The minimum Gasteiger partial charge on any atom is -0.464 e. The van der Waals surface area contributed by atoms with E-state index >= 15 is 0 Å². The van der Waals surface area contributed by atoms with Crippen molar-refractivity contribution in [2.24, 2.45) is 11.8 Å². The lowest BCUT2D eigenvalue weighted by Gasteiger charge is -2.34. The predicted molar refractivity (Wildman–Crippen MR) is 87.1 cm³/mol. The van der Waals surface area contributed by atoms with E-state index in [0.29, 0.717) is 13.2 Å². The minimum atomic E-state index is -0.799. The third-order valence-corrected chi connectivity index (χ3v) is 5.73. The van der Waals surface area contributed by atoms with Crippen molar-refractivity contribution in [2.75, 3.05) is 13.2 Å². The molecule has 0 radical (unpaired) electrons. The van der Waals surface area contributed by atoms with Gasteiger partial charge in [-0.2, -0.15) is 0 Å². The summed E-state index contributed by atoms with van der Waals surface area (Å²) in [5, 5.41) is 0. The fraction of sp³-hybridized carbons (Fsp3) is 0.474. The van der Waals surface area contributed by atoms with Gasteiger partial charge in [-0.1, -0.05) is 24.3 Å². The molecule has 25 heavy (non-hydrogen) atoms. The second-order valence-electron chi connectivity index (χ2n) is 6.88. The molecule has 0 spiro atoms. The van der Waals surface area contributed by atoms with Gasteiger partial charge in [0.1, 0.15) is 6.04 Å². The van der Waals surface area contributed by atoms with Crippen molar-refractivity contribution in [1.29, 1.82) is 0 Å². The molecule has 4 aliphatic heterocycles. The molecule has 0 N–H and O–H groups in total. The molecule has 6 atom stereocenters. The molecule has 4 aliphatic rings. The first-order valence-corrected chi connectivity index (χ1v) is 8.72. The van der Waals surface area contributed by atoms with E-state index in [1.807, 2.05) is 41.4 Å². The van der Waals surface area contributed by atoms with Crippen molar-refractivity contribution in [1.82, 2.24) is 4.90 Å². The third kappa shape index (κ3) is 1.98. The summed E-state index contributed by atoms with van der Waals surface area (Å²) in [5.41, 5.74) is 2.15. The Balaban J connectivity index is 1.65. The van der Waals surface area contributed by atoms with Gasteiger partial charge in [0.05, 0.1) is 31.3 Å². The normalized spacial score (nSPS) is 37.5. The number of ether oxygens (including phenoxy) is 3. The zero-order chi connectivity index (χ0) is 17.1. The van der Waals surface area contributed by atoms with Crippen LogP contribution in [0.25, 0.3) is 6.08 Å². The van der Waals surface area contributed by atoms with Crippen LogP contribution in [0.3, 0.4) is 0 Å². The van der Waals surface area contributed by atoms with E-state index in [-0.39, 0.29) is 35.7 Å². The van der Waals surface area contributed by atoms with Gasteiger partial charge in [-0.25, -0.2) is 4.79 Å². The Labute approximate surface area is 145 Å². The number of benzene rings is 1. The minimum absolute atomic E-state index is 0.0642. The molecule has 0 aliphatic carbocycles. The van der Waals surface area contributed by atoms with Gasteiger partial charge in [-0.05, 0) is 24.1 Å². The first kappa shape index (κ1) is 15.1. The quantitative estimate of drug-likeness (QED) is 0.760. The molecule has 5 rings (SSSR count). The average molecular weight is 341 g/mol. The molecule has 3 saturated heterocycles. The molecule has 3 fully saturated rings. The number of esters is 1. The van der Waals surface area contributed by atoms with Gasteiger partial charge in [-0.3, -0.25) is 4.79 Å². The molecule has 6 heteroatoms. The lowest BCUT2D eigenvalue weighted by atomic mass is 9.76. The second kappa shape index (κ2) is 5.41. The Kier molecular flexibility index (Phi) is 3.27. The molecular weight excluding hydrogens is 322 g/mol. The van der Waals surface area contributed by atoms with Crippen molar-refractivity contribution in [3.05, 3.63) is 41.6 Å². The van der Waals surface area contributed by atoms with Gasteiger partial charge >= 0.3 is 5.97 Å². The van der Waals surface area contributed by atoms with E-state index in [0.717, 1.165) is 11.1 Å². The highest BCUT2D eigenvalue weighted by Gasteiger charge is 2.64. The maximum atomic E-state index is 13.0. The van der Waals surface area contributed by atoms with E-state index in [2.05, 4.69) is 0 Å². The smallest absolute Gasteiger partial charge is 0.329 e. The van der Waals surface area contributed by atoms with Crippen LogP contribution in [-0.4, -0.2) is 48.3 Å². The molecule has 2 bridgehead atoms. The van der Waals surface area contributed by atoms with E-state index in [1.54, 1.807) is 6.92 Å². The molecule has 1 aromatic rings. The van der Waals surface area contributed by atoms with E-state index in [9.17, 15) is 9.59 Å². The zero-order valence-electron chi connectivity index (χ0n) is 13.8. The van der Waals surface area contributed by atoms with Crippen LogP contribution in [0.4, 0.5) is 0 Å². The molecule has 130 valence electrons. The van der Waals surface area contributed by atoms with Crippen molar-refractivity contribution >= 4 is 17.8 Å². The van der Waals surface area contributed by atoms with Crippen molar-refractivity contribution in [3.63, 3.8) is 0 Å². The summed E-state index contributed by atoms with van der Waals surface area (Å²) >= 11 is 0. The Morgan fingerprint density at radius 1 is 1.36 bits per heavy atom. The molecule has 4 heterocycles. The maximum absolute atomic E-state index is 13.0. The highest BCUT2D eigenvalue weighted by atomic mass is 16.7. The van der Waals surface area contributed by atoms with Crippen LogP contribution >= 0.6 is 0 Å². The summed E-state index contributed by atoms with van der Waals surface area (Å²) in [6.45, 7) is 2.45. The van der Waals surface area contributed by atoms with Gasteiger partial charge in [0.25, 0.3) is 0 Å². The number of carbonyl (C=O) groups excluding carboxylic acids is 2. The fourth-order valence-corrected chi connectivity index (χ4v) is 4.82. The topological polar surface area (TPSA) is 65.1 Å². The number of hydrogen-bond acceptors (Lipinski definition) is 6. The van der Waals surface area contributed by atoms with Crippen LogP contribution in [0, 0.1) is 11.8 Å². The van der Waals surface area contributed by atoms with Crippen LogP contribution in [-0.2, 0) is 23.8 Å². The number of nitrogens with zero attached hydrogens (tertiary/aromatic N) is 1. The maximum Gasteiger partial charge on any atom is 0.329 e. The van der Waals surface area contributed by atoms with Gasteiger partial charge in [-0.15, -0.1) is 0 Å². The molecule has 0 aromatic heterocycles. The van der Waals surface area contributed by atoms with Gasteiger partial charge < -0.3 is 19.1 Å². The number of carbonyl (C=O) groups is 2. The number of ketones is 1. The number of rotatable bonds is 2. The highest BCUT2D eigenvalue weighted by Crippen LogP contribution is 2.54. The SMILES string of the molecule is CCOC(=O)[C@H]1[C@H]2[C@@H](C(=O)[C@@H]3OC[C@H]2O3)[C@@H]2c3ccccc3C=CN12. The van der Waals surface area contributed by atoms with Crippen LogP contribution in [0.2, 0.25) is 0 Å². The summed E-state index contributed by atoms with van der Waals surface area (Å²) in [6, 6.07) is 7.31. The van der Waals surface area contributed by atoms with Gasteiger partial charge in [0.2, 0.25) is 6.29 Å². The lowest BCUT2D eigenvalue weighted by molar-refractivity contribution is -0.167. The molecular formula is C19H19NO5. The summed E-state index contributed by atoms with van der Waals surface area (Å²) < 4.78 is 16.6. The summed E-state index contributed by atoms with van der Waals surface area (Å²) in [5.74, 6) is -0.950. The molecule has 0 amide bonds. The zero-order valence-corrected chi connectivity index (χ0v) is 13.8. The fourth-order valence-electron chi connectivity index (χ4n) is 4.82. The average Bonchev–Trinajstić information content (AvgIpc) is 3.21. The predicted octanol–water partition coefficient (Wildman–Crippen LogP) is 1.52. The largest absolute Gasteiger partial charge is 0.464 e. The van der Waals surface area contributed by atoms with Gasteiger partial charge in [0.15, 0.2) is 5.78 Å². The number of hydrogen-bond donors (Lipinski definition) is 0. The Hall–Kier alpha value is -2.18. The molecule has 0 saturated carbocycles. The summed E-state index contributed by atoms with van der Waals surface area (Å²) in [6.07, 6.45) is 2.87. The molecule has 0 unspecified atom stereocenters. The van der Waals surface area contributed by atoms with Crippen molar-refractivity contribution in [2.45, 2.75) is 31.4 Å². The third-order valence-electron chi connectivity index (χ3n) is 5.73. The standard InChI is InChI=1S/C19H19NO5/c1-2-23-18(22)16-13-12-9-24-19(25-12)17(21)14(13)15-11-6-4-3-5-10(11)7-8-20(15)16/h3-8,12-16,19H,2,9H2,1H3/t12-,13-,14-,15+,16-,19-/m1/s1. The summed E-state index contributed by atoms with van der Waals surface area (Å²) in [7, 11) is 0. The van der Waals surface area contributed by atoms with E-state index < -0.39 is 12.3 Å².